The van der Waals surface area contributed by atoms with Crippen LogP contribution in [0.1, 0.15) is 52.1 Å². The molecule has 2 unspecified atom stereocenters. The van der Waals surface area contributed by atoms with Crippen LogP contribution in [0.25, 0.3) is 0 Å². The molecule has 0 bridgehead atoms. The molecule has 0 saturated carbocycles. The third-order valence-corrected chi connectivity index (χ3v) is 5.47. The quantitative estimate of drug-likeness (QED) is 0.865. The van der Waals surface area contributed by atoms with Crippen LogP contribution in [-0.4, -0.2) is 40.1 Å². The number of carbonyl (C=O) groups is 1. The Kier molecular flexibility index (Phi) is 5.16. The molecule has 0 spiro atoms. The van der Waals surface area contributed by atoms with Gasteiger partial charge in [0.25, 0.3) is 5.91 Å². The van der Waals surface area contributed by atoms with Gasteiger partial charge in [-0.25, -0.2) is 0 Å². The maximum Gasteiger partial charge on any atom is 0.274 e. The lowest BCUT2D eigenvalue weighted by atomic mass is 9.93. The number of aryl methyl sites for hydroxylation is 1. The molecule has 2 aliphatic rings. The molecule has 3 heterocycles. The maximum atomic E-state index is 13.1. The SMILES string of the molecule is Cc1ccccc1C1CC(C)N(C(=O)c2n[nH]c3c2CNCC3)C1.Cl. The van der Waals surface area contributed by atoms with Crippen molar-refractivity contribution in [2.75, 3.05) is 13.1 Å². The molecule has 6 heteroatoms. The van der Waals surface area contributed by atoms with Crippen molar-refractivity contribution in [2.24, 2.45) is 0 Å². The molecule has 2 N–H and O–H groups in total. The van der Waals surface area contributed by atoms with Gasteiger partial charge in [0.15, 0.2) is 5.69 Å². The first-order valence-corrected chi connectivity index (χ1v) is 8.78. The smallest absolute Gasteiger partial charge is 0.274 e. The van der Waals surface area contributed by atoms with Crippen LogP contribution < -0.4 is 5.32 Å². The van der Waals surface area contributed by atoms with Gasteiger partial charge in [0.05, 0.1) is 0 Å². The van der Waals surface area contributed by atoms with Crippen LogP contribution in [0.5, 0.6) is 0 Å². The number of amides is 1. The topological polar surface area (TPSA) is 61.0 Å². The van der Waals surface area contributed by atoms with E-state index in [9.17, 15) is 4.79 Å². The Balaban J connectivity index is 0.00000182. The van der Waals surface area contributed by atoms with Gasteiger partial charge in [-0.3, -0.25) is 9.89 Å². The summed E-state index contributed by atoms with van der Waals surface area (Å²) in [6.45, 7) is 6.75. The Labute approximate surface area is 154 Å². The Morgan fingerprint density at radius 2 is 2.12 bits per heavy atom. The zero-order valence-corrected chi connectivity index (χ0v) is 15.5. The maximum absolute atomic E-state index is 13.1. The molecular formula is C19H25ClN4O. The van der Waals surface area contributed by atoms with Gasteiger partial charge in [0.1, 0.15) is 0 Å². The highest BCUT2D eigenvalue weighted by Crippen LogP contribution is 2.34. The predicted octanol–water partition coefficient (Wildman–Crippen LogP) is 2.80. The number of nitrogens with zero attached hydrogens (tertiary/aromatic N) is 2. The van der Waals surface area contributed by atoms with Gasteiger partial charge in [-0.15, -0.1) is 12.4 Å². The Bertz CT molecular complexity index is 773. The van der Waals surface area contributed by atoms with E-state index in [2.05, 4.69) is 53.6 Å². The van der Waals surface area contributed by atoms with Gasteiger partial charge in [0.2, 0.25) is 0 Å². The van der Waals surface area contributed by atoms with Crippen molar-refractivity contribution < 1.29 is 4.79 Å². The molecule has 1 amide bonds. The molecule has 134 valence electrons. The second-order valence-corrected chi connectivity index (χ2v) is 7.05. The average Bonchev–Trinajstić information content (AvgIpc) is 3.18. The fourth-order valence-electron chi connectivity index (χ4n) is 4.12. The number of aromatic amines is 1. The van der Waals surface area contributed by atoms with Crippen LogP contribution in [0.4, 0.5) is 0 Å². The molecule has 2 aliphatic heterocycles. The second kappa shape index (κ2) is 7.18. The number of likely N-dealkylation sites (tertiary alicyclic amines) is 1. The van der Waals surface area contributed by atoms with Crippen LogP contribution in [0, 0.1) is 6.92 Å². The first kappa shape index (κ1) is 18.0. The summed E-state index contributed by atoms with van der Waals surface area (Å²) in [5.41, 5.74) is 5.45. The molecule has 1 aromatic carbocycles. The molecule has 1 fully saturated rings. The number of H-pyrrole nitrogens is 1. The number of aromatic nitrogens is 2. The Morgan fingerprint density at radius 1 is 1.32 bits per heavy atom. The van der Waals surface area contributed by atoms with Crippen molar-refractivity contribution >= 4 is 18.3 Å². The van der Waals surface area contributed by atoms with E-state index < -0.39 is 0 Å². The lowest BCUT2D eigenvalue weighted by molar-refractivity contribution is 0.0738. The number of carbonyl (C=O) groups excluding carboxylic acids is 1. The van der Waals surface area contributed by atoms with E-state index >= 15 is 0 Å². The minimum Gasteiger partial charge on any atom is -0.334 e. The normalized spacial score (nSPS) is 22.4. The molecule has 25 heavy (non-hydrogen) atoms. The van der Waals surface area contributed by atoms with Gasteiger partial charge in [-0.2, -0.15) is 5.10 Å². The molecule has 2 atom stereocenters. The lowest BCUT2D eigenvalue weighted by Gasteiger charge is -2.22. The Morgan fingerprint density at radius 3 is 2.92 bits per heavy atom. The minimum atomic E-state index is 0. The van der Waals surface area contributed by atoms with Gasteiger partial charge >= 0.3 is 0 Å². The zero-order valence-electron chi connectivity index (χ0n) is 14.7. The van der Waals surface area contributed by atoms with Crippen molar-refractivity contribution in [3.63, 3.8) is 0 Å². The Hall–Kier alpha value is -1.85. The van der Waals surface area contributed by atoms with E-state index in [0.29, 0.717) is 11.6 Å². The number of benzene rings is 1. The summed E-state index contributed by atoms with van der Waals surface area (Å²) in [6.07, 6.45) is 1.93. The van der Waals surface area contributed by atoms with E-state index in [1.54, 1.807) is 0 Å². The summed E-state index contributed by atoms with van der Waals surface area (Å²) in [5, 5.41) is 10.7. The van der Waals surface area contributed by atoms with E-state index in [-0.39, 0.29) is 24.4 Å². The molecule has 1 aromatic heterocycles. The van der Waals surface area contributed by atoms with Crippen LogP contribution in [-0.2, 0) is 13.0 Å². The molecule has 5 nitrogen and oxygen atoms in total. The van der Waals surface area contributed by atoms with E-state index in [1.807, 2.05) is 4.90 Å². The van der Waals surface area contributed by atoms with Crippen molar-refractivity contribution in [3.8, 4) is 0 Å². The van der Waals surface area contributed by atoms with Gasteiger partial charge in [-0.1, -0.05) is 24.3 Å². The molecular weight excluding hydrogens is 336 g/mol. The summed E-state index contributed by atoms with van der Waals surface area (Å²) in [6, 6.07) is 8.75. The lowest BCUT2D eigenvalue weighted by Crippen LogP contribution is -2.35. The van der Waals surface area contributed by atoms with Gasteiger partial charge in [-0.05, 0) is 31.4 Å². The largest absolute Gasteiger partial charge is 0.334 e. The van der Waals surface area contributed by atoms with Gasteiger partial charge in [0, 0.05) is 49.3 Å². The number of fused-ring (bicyclic) bond motifs is 1. The fourth-order valence-corrected chi connectivity index (χ4v) is 4.12. The van der Waals surface area contributed by atoms with E-state index in [0.717, 1.165) is 43.7 Å². The fraction of sp³-hybridized carbons (Fsp3) is 0.474. The summed E-state index contributed by atoms with van der Waals surface area (Å²) in [5.74, 6) is 0.484. The van der Waals surface area contributed by atoms with Crippen molar-refractivity contribution in [3.05, 3.63) is 52.3 Å². The highest BCUT2D eigenvalue weighted by atomic mass is 35.5. The van der Waals surface area contributed by atoms with Crippen molar-refractivity contribution in [1.82, 2.24) is 20.4 Å². The highest BCUT2D eigenvalue weighted by molar-refractivity contribution is 5.94. The monoisotopic (exact) mass is 360 g/mol. The molecule has 1 saturated heterocycles. The molecule has 2 aromatic rings. The highest BCUT2D eigenvalue weighted by Gasteiger charge is 2.36. The number of halogens is 1. The van der Waals surface area contributed by atoms with Crippen LogP contribution in [0.15, 0.2) is 24.3 Å². The average molecular weight is 361 g/mol. The van der Waals surface area contributed by atoms with Crippen LogP contribution >= 0.6 is 12.4 Å². The second-order valence-electron chi connectivity index (χ2n) is 7.05. The summed E-state index contributed by atoms with van der Waals surface area (Å²) < 4.78 is 0. The van der Waals surface area contributed by atoms with Crippen molar-refractivity contribution in [1.29, 1.82) is 0 Å². The number of nitrogens with one attached hydrogen (secondary N) is 2. The molecule has 0 radical (unpaired) electrons. The third-order valence-electron chi connectivity index (χ3n) is 5.47. The first-order valence-electron chi connectivity index (χ1n) is 8.78. The summed E-state index contributed by atoms with van der Waals surface area (Å²) in [7, 11) is 0. The molecule has 0 aliphatic carbocycles. The number of hydrogen-bond donors (Lipinski definition) is 2. The summed E-state index contributed by atoms with van der Waals surface area (Å²) in [4.78, 5) is 15.1. The minimum absolute atomic E-state index is 0. The number of rotatable bonds is 2. The van der Waals surface area contributed by atoms with Crippen LogP contribution in [0.2, 0.25) is 0 Å². The standard InChI is InChI=1S/C19H24N4O.ClH/c1-12-5-3-4-6-15(12)14-9-13(2)23(11-14)19(24)18-16-10-20-8-7-17(16)21-22-18;/h3-6,13-14,20H,7-11H2,1-2H3,(H,21,22);1H. The van der Waals surface area contributed by atoms with Gasteiger partial charge < -0.3 is 10.2 Å². The van der Waals surface area contributed by atoms with Crippen LogP contribution in [0.3, 0.4) is 0 Å². The van der Waals surface area contributed by atoms with E-state index in [4.69, 9.17) is 0 Å². The third kappa shape index (κ3) is 3.18. The first-order chi connectivity index (χ1) is 11.6. The summed E-state index contributed by atoms with van der Waals surface area (Å²) >= 11 is 0. The van der Waals surface area contributed by atoms with Crippen molar-refractivity contribution in [2.45, 2.75) is 45.2 Å². The number of hydrogen-bond acceptors (Lipinski definition) is 3. The predicted molar refractivity (Wildman–Crippen MR) is 100 cm³/mol. The molecule has 4 rings (SSSR count). The zero-order chi connectivity index (χ0) is 16.7. The van der Waals surface area contributed by atoms with E-state index in [1.165, 1.54) is 11.1 Å².